The van der Waals surface area contributed by atoms with Gasteiger partial charge in [0, 0.05) is 12.0 Å². The first kappa shape index (κ1) is 10.5. The molecule has 1 rings (SSSR count). The van der Waals surface area contributed by atoms with Gasteiger partial charge in [0.25, 0.3) is 0 Å². The number of carbonyl (C=O) groups excluding carboxylic acids is 1. The maximum atomic E-state index is 10.9. The molecule has 0 aromatic carbocycles. The van der Waals surface area contributed by atoms with Crippen molar-refractivity contribution in [2.24, 2.45) is 5.73 Å². The molecule has 0 saturated heterocycles. The van der Waals surface area contributed by atoms with Crippen LogP contribution in [-0.4, -0.2) is 18.5 Å². The van der Waals surface area contributed by atoms with E-state index in [2.05, 4.69) is 5.32 Å². The summed E-state index contributed by atoms with van der Waals surface area (Å²) in [5.41, 5.74) is 5.26. The van der Waals surface area contributed by atoms with Crippen molar-refractivity contribution in [2.45, 2.75) is 50.5 Å². The SMILES string of the molecule is CNC1(CC(N)=O)CCCCCC1. The molecular weight excluding hydrogens is 164 g/mol. The van der Waals surface area contributed by atoms with E-state index < -0.39 is 0 Å². The van der Waals surface area contributed by atoms with Crippen molar-refractivity contribution in [1.29, 1.82) is 0 Å². The van der Waals surface area contributed by atoms with Crippen LogP contribution in [0.2, 0.25) is 0 Å². The van der Waals surface area contributed by atoms with E-state index in [1.54, 1.807) is 0 Å². The molecule has 76 valence electrons. The van der Waals surface area contributed by atoms with E-state index in [9.17, 15) is 4.79 Å². The van der Waals surface area contributed by atoms with Gasteiger partial charge in [-0.3, -0.25) is 4.79 Å². The largest absolute Gasteiger partial charge is 0.370 e. The van der Waals surface area contributed by atoms with E-state index in [4.69, 9.17) is 5.73 Å². The van der Waals surface area contributed by atoms with E-state index >= 15 is 0 Å². The average Bonchev–Trinajstić information content (AvgIpc) is 2.30. The lowest BCUT2D eigenvalue weighted by Gasteiger charge is -2.31. The van der Waals surface area contributed by atoms with Gasteiger partial charge in [-0.2, -0.15) is 0 Å². The Balaban J connectivity index is 2.58. The highest BCUT2D eigenvalue weighted by Gasteiger charge is 2.30. The lowest BCUT2D eigenvalue weighted by molar-refractivity contribution is -0.119. The highest BCUT2D eigenvalue weighted by Crippen LogP contribution is 2.29. The molecule has 0 atom stereocenters. The van der Waals surface area contributed by atoms with E-state index in [1.807, 2.05) is 7.05 Å². The van der Waals surface area contributed by atoms with E-state index in [1.165, 1.54) is 25.7 Å². The summed E-state index contributed by atoms with van der Waals surface area (Å²) in [5.74, 6) is -0.184. The Hall–Kier alpha value is -0.570. The summed E-state index contributed by atoms with van der Waals surface area (Å²) >= 11 is 0. The van der Waals surface area contributed by atoms with Gasteiger partial charge in [-0.15, -0.1) is 0 Å². The molecule has 3 heteroatoms. The smallest absolute Gasteiger partial charge is 0.219 e. The molecule has 0 bridgehead atoms. The molecule has 3 N–H and O–H groups in total. The molecular formula is C10H20N2O. The van der Waals surface area contributed by atoms with Crippen molar-refractivity contribution < 1.29 is 4.79 Å². The maximum absolute atomic E-state index is 10.9. The summed E-state index contributed by atoms with van der Waals surface area (Å²) < 4.78 is 0. The van der Waals surface area contributed by atoms with Gasteiger partial charge in [0.2, 0.25) is 5.91 Å². The number of nitrogens with one attached hydrogen (secondary N) is 1. The van der Waals surface area contributed by atoms with Crippen molar-refractivity contribution in [2.75, 3.05) is 7.05 Å². The van der Waals surface area contributed by atoms with Crippen molar-refractivity contribution in [3.8, 4) is 0 Å². The highest BCUT2D eigenvalue weighted by molar-refractivity contribution is 5.75. The molecule has 0 aromatic heterocycles. The van der Waals surface area contributed by atoms with Crippen LogP contribution in [0.5, 0.6) is 0 Å². The van der Waals surface area contributed by atoms with Crippen LogP contribution in [0.1, 0.15) is 44.9 Å². The van der Waals surface area contributed by atoms with Crippen molar-refractivity contribution in [3.63, 3.8) is 0 Å². The molecule has 0 unspecified atom stereocenters. The number of amides is 1. The number of hydrogen-bond acceptors (Lipinski definition) is 2. The highest BCUT2D eigenvalue weighted by atomic mass is 16.1. The van der Waals surface area contributed by atoms with Gasteiger partial charge in [0.15, 0.2) is 0 Å². The number of carbonyl (C=O) groups is 1. The standard InChI is InChI=1S/C10H20N2O/c1-12-10(8-9(11)13)6-4-2-3-5-7-10/h12H,2-8H2,1H3,(H2,11,13). The molecule has 0 aromatic rings. The van der Waals surface area contributed by atoms with Crippen molar-refractivity contribution in [1.82, 2.24) is 5.32 Å². The Bertz CT molecular complexity index is 172. The molecule has 1 fully saturated rings. The van der Waals surface area contributed by atoms with Gasteiger partial charge < -0.3 is 11.1 Å². The topological polar surface area (TPSA) is 55.1 Å². The van der Waals surface area contributed by atoms with E-state index in [0.29, 0.717) is 6.42 Å². The number of primary amides is 1. The van der Waals surface area contributed by atoms with Crippen LogP contribution >= 0.6 is 0 Å². The molecule has 3 nitrogen and oxygen atoms in total. The molecule has 0 aliphatic heterocycles. The number of nitrogens with two attached hydrogens (primary N) is 1. The third-order valence-corrected chi connectivity index (χ3v) is 3.10. The molecule has 1 aliphatic carbocycles. The second-order valence-corrected chi connectivity index (χ2v) is 4.09. The maximum Gasteiger partial charge on any atom is 0.219 e. The summed E-state index contributed by atoms with van der Waals surface area (Å²) in [7, 11) is 1.94. The van der Waals surface area contributed by atoms with E-state index in [-0.39, 0.29) is 11.4 Å². The zero-order chi connectivity index (χ0) is 9.73. The van der Waals surface area contributed by atoms with Crippen LogP contribution in [0.3, 0.4) is 0 Å². The summed E-state index contributed by atoms with van der Waals surface area (Å²) in [6.45, 7) is 0. The minimum absolute atomic E-state index is 0.00231. The van der Waals surface area contributed by atoms with Gasteiger partial charge in [-0.1, -0.05) is 25.7 Å². The predicted octanol–water partition coefficient (Wildman–Crippen LogP) is 1.17. The number of hydrogen-bond donors (Lipinski definition) is 2. The van der Waals surface area contributed by atoms with Gasteiger partial charge in [0.1, 0.15) is 0 Å². The van der Waals surface area contributed by atoms with Crippen LogP contribution < -0.4 is 11.1 Å². The van der Waals surface area contributed by atoms with Crippen LogP contribution in [0.4, 0.5) is 0 Å². The Morgan fingerprint density at radius 3 is 2.23 bits per heavy atom. The van der Waals surface area contributed by atoms with Crippen LogP contribution in [0.15, 0.2) is 0 Å². The molecule has 1 aliphatic rings. The minimum Gasteiger partial charge on any atom is -0.370 e. The molecule has 0 radical (unpaired) electrons. The Labute approximate surface area is 80.1 Å². The lowest BCUT2D eigenvalue weighted by atomic mass is 9.87. The molecule has 13 heavy (non-hydrogen) atoms. The van der Waals surface area contributed by atoms with Crippen molar-refractivity contribution in [3.05, 3.63) is 0 Å². The third-order valence-electron chi connectivity index (χ3n) is 3.10. The summed E-state index contributed by atoms with van der Waals surface area (Å²) in [6.07, 6.45) is 7.69. The molecule has 0 spiro atoms. The van der Waals surface area contributed by atoms with Gasteiger partial charge in [-0.05, 0) is 19.9 Å². The number of rotatable bonds is 3. The van der Waals surface area contributed by atoms with Gasteiger partial charge in [0.05, 0.1) is 0 Å². The fourth-order valence-electron chi connectivity index (χ4n) is 2.25. The fourth-order valence-corrected chi connectivity index (χ4v) is 2.25. The van der Waals surface area contributed by atoms with Crippen molar-refractivity contribution >= 4 is 5.91 Å². The quantitative estimate of drug-likeness (QED) is 0.647. The third kappa shape index (κ3) is 2.99. The monoisotopic (exact) mass is 184 g/mol. The molecule has 1 saturated carbocycles. The van der Waals surface area contributed by atoms with Crippen LogP contribution in [-0.2, 0) is 4.79 Å². The Morgan fingerprint density at radius 2 is 1.85 bits per heavy atom. The zero-order valence-corrected chi connectivity index (χ0v) is 8.44. The summed E-state index contributed by atoms with van der Waals surface area (Å²) in [5, 5.41) is 3.29. The second-order valence-electron chi connectivity index (χ2n) is 4.09. The van der Waals surface area contributed by atoms with Gasteiger partial charge >= 0.3 is 0 Å². The molecule has 0 heterocycles. The second kappa shape index (κ2) is 4.61. The Kier molecular flexibility index (Phi) is 3.72. The Morgan fingerprint density at radius 1 is 1.31 bits per heavy atom. The minimum atomic E-state index is -0.184. The summed E-state index contributed by atoms with van der Waals surface area (Å²) in [6, 6.07) is 0. The molecule has 1 amide bonds. The normalized spacial score (nSPS) is 22.2. The average molecular weight is 184 g/mol. The van der Waals surface area contributed by atoms with E-state index in [0.717, 1.165) is 12.8 Å². The van der Waals surface area contributed by atoms with Crippen LogP contribution in [0, 0.1) is 0 Å². The predicted molar refractivity (Wildman–Crippen MR) is 53.3 cm³/mol. The fraction of sp³-hybridized carbons (Fsp3) is 0.900. The van der Waals surface area contributed by atoms with Gasteiger partial charge in [-0.25, -0.2) is 0 Å². The summed E-state index contributed by atoms with van der Waals surface area (Å²) in [4.78, 5) is 10.9. The lowest BCUT2D eigenvalue weighted by Crippen LogP contribution is -2.45. The van der Waals surface area contributed by atoms with Crippen LogP contribution in [0.25, 0.3) is 0 Å². The zero-order valence-electron chi connectivity index (χ0n) is 8.44. The first-order chi connectivity index (χ1) is 6.18. The first-order valence-electron chi connectivity index (χ1n) is 5.16. The first-order valence-corrected chi connectivity index (χ1v) is 5.16.